The number of aliphatic hydroxyl groups excluding tert-OH is 1. The summed E-state index contributed by atoms with van der Waals surface area (Å²) in [5.74, 6) is 6.21. The number of thiazole rings is 1. The normalized spacial score (nSPS) is 10.4. The number of hydrogen-bond acceptors (Lipinski definition) is 5. The first kappa shape index (κ1) is 14.4. The fourth-order valence-corrected chi connectivity index (χ4v) is 2.98. The van der Waals surface area contributed by atoms with Crippen LogP contribution in [-0.2, 0) is 13.0 Å². The Hall–Kier alpha value is -2.55. The number of nitrogen functional groups attached to an aromatic ring is 1. The van der Waals surface area contributed by atoms with Gasteiger partial charge >= 0.3 is 0 Å². The molecule has 4 nitrogen and oxygen atoms in total. The SMILES string of the molecule is Nc1nc2c(O)cc(C#CCc3cccc(CO)c3)cc2s1. The second-order valence-corrected chi connectivity index (χ2v) is 5.91. The van der Waals surface area contributed by atoms with Crippen LogP contribution in [0.25, 0.3) is 10.2 Å². The Labute approximate surface area is 131 Å². The Kier molecular flexibility index (Phi) is 3.96. The summed E-state index contributed by atoms with van der Waals surface area (Å²) in [5.41, 5.74) is 8.82. The second-order valence-electron chi connectivity index (χ2n) is 4.85. The van der Waals surface area contributed by atoms with Crippen LogP contribution in [0, 0.1) is 11.8 Å². The van der Waals surface area contributed by atoms with Crippen LogP contribution in [0.2, 0.25) is 0 Å². The first-order valence-electron chi connectivity index (χ1n) is 6.72. The summed E-state index contributed by atoms with van der Waals surface area (Å²) >= 11 is 1.33. The van der Waals surface area contributed by atoms with Crippen molar-refractivity contribution in [2.24, 2.45) is 0 Å². The molecule has 0 aliphatic heterocycles. The number of phenolic OH excluding ortho intramolecular Hbond substituents is 1. The average Bonchev–Trinajstić information content (AvgIpc) is 2.88. The average molecular weight is 310 g/mol. The Morgan fingerprint density at radius 3 is 2.82 bits per heavy atom. The van der Waals surface area contributed by atoms with Crippen LogP contribution in [0.3, 0.4) is 0 Å². The van der Waals surface area contributed by atoms with E-state index in [9.17, 15) is 5.11 Å². The summed E-state index contributed by atoms with van der Waals surface area (Å²) in [6, 6.07) is 11.1. The van der Waals surface area contributed by atoms with Gasteiger partial charge in [0.1, 0.15) is 11.3 Å². The topological polar surface area (TPSA) is 79.4 Å². The minimum atomic E-state index is 0.0264. The highest BCUT2D eigenvalue weighted by atomic mass is 32.1. The van der Waals surface area contributed by atoms with E-state index in [-0.39, 0.29) is 12.4 Å². The molecule has 0 unspecified atom stereocenters. The summed E-state index contributed by atoms with van der Waals surface area (Å²) < 4.78 is 0.823. The maximum absolute atomic E-state index is 9.94. The molecule has 0 fully saturated rings. The molecule has 2 aromatic carbocycles. The molecule has 1 heterocycles. The fraction of sp³-hybridized carbons (Fsp3) is 0.118. The van der Waals surface area contributed by atoms with Crippen molar-refractivity contribution in [3.05, 3.63) is 53.1 Å². The number of benzene rings is 2. The summed E-state index contributed by atoms with van der Waals surface area (Å²) in [5, 5.41) is 19.5. The lowest BCUT2D eigenvalue weighted by atomic mass is 10.1. The number of aromatic nitrogens is 1. The number of aromatic hydroxyl groups is 1. The van der Waals surface area contributed by atoms with Crippen LogP contribution in [-0.4, -0.2) is 15.2 Å². The number of hydrogen-bond donors (Lipinski definition) is 3. The molecule has 22 heavy (non-hydrogen) atoms. The number of phenols is 1. The molecule has 1 aromatic heterocycles. The molecule has 3 rings (SSSR count). The van der Waals surface area contributed by atoms with Gasteiger partial charge in [-0.15, -0.1) is 0 Å². The number of nitrogens with zero attached hydrogens (tertiary/aromatic N) is 1. The van der Waals surface area contributed by atoms with Crippen molar-refractivity contribution < 1.29 is 10.2 Å². The summed E-state index contributed by atoms with van der Waals surface area (Å²) in [4.78, 5) is 4.08. The Bertz CT molecular complexity index is 891. The number of aliphatic hydroxyl groups is 1. The van der Waals surface area contributed by atoms with E-state index in [2.05, 4.69) is 16.8 Å². The maximum atomic E-state index is 9.94. The zero-order valence-electron chi connectivity index (χ0n) is 11.7. The van der Waals surface area contributed by atoms with Crippen LogP contribution in [0.5, 0.6) is 5.75 Å². The van der Waals surface area contributed by atoms with Gasteiger partial charge in [0.25, 0.3) is 0 Å². The molecule has 0 saturated carbocycles. The molecular formula is C17H14N2O2S. The monoisotopic (exact) mass is 310 g/mol. The Morgan fingerprint density at radius 2 is 2.00 bits per heavy atom. The molecular weight excluding hydrogens is 296 g/mol. The van der Waals surface area contributed by atoms with Crippen molar-refractivity contribution in [2.75, 3.05) is 5.73 Å². The lowest BCUT2D eigenvalue weighted by molar-refractivity contribution is 0.282. The van der Waals surface area contributed by atoms with Crippen molar-refractivity contribution in [1.82, 2.24) is 4.98 Å². The first-order chi connectivity index (χ1) is 10.7. The number of fused-ring (bicyclic) bond motifs is 1. The minimum absolute atomic E-state index is 0.0264. The molecule has 0 radical (unpaired) electrons. The molecule has 3 aromatic rings. The summed E-state index contributed by atoms with van der Waals surface area (Å²) in [7, 11) is 0. The second kappa shape index (κ2) is 6.06. The molecule has 0 aliphatic carbocycles. The van der Waals surface area contributed by atoms with Crippen molar-refractivity contribution >= 4 is 26.7 Å². The van der Waals surface area contributed by atoms with Gasteiger partial charge in [-0.25, -0.2) is 4.98 Å². The van der Waals surface area contributed by atoms with E-state index in [1.54, 1.807) is 6.07 Å². The minimum Gasteiger partial charge on any atom is -0.506 e. The van der Waals surface area contributed by atoms with E-state index in [0.717, 1.165) is 21.4 Å². The zero-order chi connectivity index (χ0) is 15.5. The van der Waals surface area contributed by atoms with Crippen LogP contribution in [0.1, 0.15) is 16.7 Å². The van der Waals surface area contributed by atoms with Crippen LogP contribution in [0.4, 0.5) is 5.13 Å². The van der Waals surface area contributed by atoms with E-state index in [1.807, 2.05) is 30.3 Å². The van der Waals surface area contributed by atoms with Crippen molar-refractivity contribution in [1.29, 1.82) is 0 Å². The Morgan fingerprint density at radius 1 is 1.18 bits per heavy atom. The Balaban J connectivity index is 1.84. The number of nitrogens with two attached hydrogens (primary N) is 1. The lowest BCUT2D eigenvalue weighted by Crippen LogP contribution is -1.87. The highest BCUT2D eigenvalue weighted by molar-refractivity contribution is 7.22. The lowest BCUT2D eigenvalue weighted by Gasteiger charge is -1.99. The number of rotatable bonds is 2. The maximum Gasteiger partial charge on any atom is 0.181 e. The van der Waals surface area contributed by atoms with Crippen molar-refractivity contribution in [3.63, 3.8) is 0 Å². The molecule has 0 saturated heterocycles. The highest BCUT2D eigenvalue weighted by Gasteiger charge is 2.07. The largest absolute Gasteiger partial charge is 0.506 e. The van der Waals surface area contributed by atoms with Crippen molar-refractivity contribution in [3.8, 4) is 17.6 Å². The van der Waals surface area contributed by atoms with Crippen LogP contribution < -0.4 is 5.73 Å². The van der Waals surface area contributed by atoms with Gasteiger partial charge in [-0.1, -0.05) is 47.4 Å². The van der Waals surface area contributed by atoms with Crippen molar-refractivity contribution in [2.45, 2.75) is 13.0 Å². The van der Waals surface area contributed by atoms with Gasteiger partial charge in [-0.05, 0) is 23.3 Å². The fourth-order valence-electron chi connectivity index (χ4n) is 2.19. The van der Waals surface area contributed by atoms with Crippen LogP contribution >= 0.6 is 11.3 Å². The zero-order valence-corrected chi connectivity index (χ0v) is 12.5. The summed E-state index contributed by atoms with van der Waals surface area (Å²) in [6.07, 6.45) is 0.581. The third-order valence-electron chi connectivity index (χ3n) is 3.19. The van der Waals surface area contributed by atoms with Gasteiger partial charge in [0.15, 0.2) is 5.13 Å². The predicted molar refractivity (Wildman–Crippen MR) is 88.6 cm³/mol. The van der Waals surface area contributed by atoms with Gasteiger partial charge in [-0.3, -0.25) is 0 Å². The number of anilines is 1. The summed E-state index contributed by atoms with van der Waals surface area (Å²) in [6.45, 7) is 0.0264. The molecule has 0 amide bonds. The smallest absolute Gasteiger partial charge is 0.181 e. The van der Waals surface area contributed by atoms with E-state index in [4.69, 9.17) is 10.8 Å². The predicted octanol–water partition coefficient (Wildman–Crippen LogP) is 2.67. The molecule has 5 heteroatoms. The highest BCUT2D eigenvalue weighted by Crippen LogP contribution is 2.31. The molecule has 110 valence electrons. The van der Waals surface area contributed by atoms with Gasteiger partial charge in [0.2, 0.25) is 0 Å². The van der Waals surface area contributed by atoms with E-state index >= 15 is 0 Å². The van der Waals surface area contributed by atoms with Gasteiger partial charge in [0, 0.05) is 12.0 Å². The molecule has 0 bridgehead atoms. The quantitative estimate of drug-likeness (QED) is 0.636. The third-order valence-corrected chi connectivity index (χ3v) is 4.02. The molecule has 0 spiro atoms. The molecule has 4 N–H and O–H groups in total. The first-order valence-corrected chi connectivity index (χ1v) is 7.54. The standard InChI is InChI=1S/C17H14N2O2S/c18-17-19-16-14(21)8-12(9-15(16)22-17)5-1-3-11-4-2-6-13(7-11)10-20/h2,4,6-9,20-21H,3,10H2,(H2,18,19). The molecule has 0 aliphatic rings. The van der Waals surface area contributed by atoms with E-state index < -0.39 is 0 Å². The van der Waals surface area contributed by atoms with E-state index in [0.29, 0.717) is 17.1 Å². The van der Waals surface area contributed by atoms with Crippen LogP contribution in [0.15, 0.2) is 36.4 Å². The van der Waals surface area contributed by atoms with Gasteiger partial charge < -0.3 is 15.9 Å². The van der Waals surface area contributed by atoms with Gasteiger partial charge in [0.05, 0.1) is 11.3 Å². The molecule has 0 atom stereocenters. The van der Waals surface area contributed by atoms with Gasteiger partial charge in [-0.2, -0.15) is 0 Å². The van der Waals surface area contributed by atoms with E-state index in [1.165, 1.54) is 11.3 Å². The third kappa shape index (κ3) is 3.03.